The van der Waals surface area contributed by atoms with Crippen LogP contribution in [0, 0.1) is 5.92 Å². The molecule has 4 heteroatoms. The van der Waals surface area contributed by atoms with Crippen LogP contribution in [0.4, 0.5) is 0 Å². The molecule has 1 fully saturated rings. The van der Waals surface area contributed by atoms with Gasteiger partial charge in [-0.2, -0.15) is 0 Å². The zero-order chi connectivity index (χ0) is 10.8. The number of nitrogens with one attached hydrogen (secondary N) is 1. The number of carbonyl (C=O) groups is 2. The summed E-state index contributed by atoms with van der Waals surface area (Å²) in [4.78, 5) is 21.5. The van der Waals surface area contributed by atoms with Crippen LogP contribution >= 0.6 is 0 Å². The van der Waals surface area contributed by atoms with E-state index in [4.69, 9.17) is 5.11 Å². The zero-order valence-electron chi connectivity index (χ0n) is 8.67. The van der Waals surface area contributed by atoms with Gasteiger partial charge in [0.25, 0.3) is 0 Å². The van der Waals surface area contributed by atoms with Gasteiger partial charge in [0, 0.05) is 5.54 Å². The number of hydrogen-bond donors (Lipinski definition) is 2. The van der Waals surface area contributed by atoms with Crippen molar-refractivity contribution in [3.8, 4) is 0 Å². The Morgan fingerprint density at radius 3 is 2.57 bits per heavy atom. The maximum absolute atomic E-state index is 11.1. The Balaban J connectivity index is 2.64. The van der Waals surface area contributed by atoms with Gasteiger partial charge in [-0.3, -0.25) is 4.79 Å². The summed E-state index contributed by atoms with van der Waals surface area (Å²) in [5.74, 6) is -1.94. The lowest BCUT2D eigenvalue weighted by Crippen LogP contribution is -2.53. The van der Waals surface area contributed by atoms with E-state index < -0.39 is 11.9 Å². The fourth-order valence-corrected chi connectivity index (χ4v) is 2.01. The average molecular weight is 199 g/mol. The van der Waals surface area contributed by atoms with Gasteiger partial charge < -0.3 is 10.4 Å². The monoisotopic (exact) mass is 199 g/mol. The van der Waals surface area contributed by atoms with Crippen LogP contribution in [-0.2, 0) is 9.59 Å². The quantitative estimate of drug-likeness (QED) is 0.623. The number of carbonyl (C=O) groups excluding carboxylic acids is 1. The van der Waals surface area contributed by atoms with E-state index in [1.807, 2.05) is 6.92 Å². The number of carboxylic acids is 1. The number of rotatable bonds is 1. The van der Waals surface area contributed by atoms with Gasteiger partial charge in [-0.05, 0) is 25.7 Å². The molecule has 0 aliphatic heterocycles. The minimum Gasteiger partial charge on any atom is -0.474 e. The molecule has 2 unspecified atom stereocenters. The molecule has 0 aromatic rings. The van der Waals surface area contributed by atoms with E-state index in [2.05, 4.69) is 12.2 Å². The highest BCUT2D eigenvalue weighted by Gasteiger charge is 2.36. The molecule has 4 nitrogen and oxygen atoms in total. The number of amides is 1. The second-order valence-corrected chi connectivity index (χ2v) is 4.32. The van der Waals surface area contributed by atoms with Gasteiger partial charge in [-0.25, -0.2) is 4.79 Å². The summed E-state index contributed by atoms with van der Waals surface area (Å²) in [6.45, 7) is 3.99. The summed E-state index contributed by atoms with van der Waals surface area (Å²) in [5.41, 5.74) is -0.340. The Hall–Kier alpha value is -1.06. The lowest BCUT2D eigenvalue weighted by atomic mass is 9.75. The van der Waals surface area contributed by atoms with Crippen molar-refractivity contribution in [3.05, 3.63) is 0 Å². The SMILES string of the molecule is CC1CCCCC1(C)NC(=O)C(=O)O. The summed E-state index contributed by atoms with van der Waals surface area (Å²) in [6, 6.07) is 0. The molecule has 0 bridgehead atoms. The Morgan fingerprint density at radius 1 is 1.43 bits per heavy atom. The molecule has 0 radical (unpaired) electrons. The van der Waals surface area contributed by atoms with Gasteiger partial charge >= 0.3 is 11.9 Å². The molecule has 0 aromatic heterocycles. The molecule has 80 valence electrons. The van der Waals surface area contributed by atoms with Crippen molar-refractivity contribution >= 4 is 11.9 Å². The second-order valence-electron chi connectivity index (χ2n) is 4.32. The van der Waals surface area contributed by atoms with E-state index >= 15 is 0 Å². The molecule has 0 spiro atoms. The minimum absolute atomic E-state index is 0.340. The van der Waals surface area contributed by atoms with Crippen LogP contribution in [-0.4, -0.2) is 22.5 Å². The smallest absolute Gasteiger partial charge is 0.394 e. The first-order valence-electron chi connectivity index (χ1n) is 5.01. The highest BCUT2D eigenvalue weighted by molar-refractivity contribution is 6.31. The molecule has 1 amide bonds. The molecule has 0 heterocycles. The van der Waals surface area contributed by atoms with Crippen molar-refractivity contribution in [1.29, 1.82) is 0 Å². The molecule has 14 heavy (non-hydrogen) atoms. The average Bonchev–Trinajstić information content (AvgIpc) is 2.10. The summed E-state index contributed by atoms with van der Waals surface area (Å²) >= 11 is 0. The van der Waals surface area contributed by atoms with Crippen LogP contribution < -0.4 is 5.32 Å². The van der Waals surface area contributed by atoms with E-state index in [0.29, 0.717) is 5.92 Å². The van der Waals surface area contributed by atoms with E-state index in [9.17, 15) is 9.59 Å². The van der Waals surface area contributed by atoms with Gasteiger partial charge in [-0.15, -0.1) is 0 Å². The Kier molecular flexibility index (Phi) is 3.13. The molecule has 2 N–H and O–H groups in total. The van der Waals surface area contributed by atoms with Gasteiger partial charge in [0.1, 0.15) is 0 Å². The Morgan fingerprint density at radius 2 is 2.07 bits per heavy atom. The molecule has 1 saturated carbocycles. The van der Waals surface area contributed by atoms with Crippen LogP contribution in [0.2, 0.25) is 0 Å². The molecule has 2 atom stereocenters. The van der Waals surface area contributed by atoms with Crippen molar-refractivity contribution in [3.63, 3.8) is 0 Å². The summed E-state index contributed by atoms with van der Waals surface area (Å²) in [7, 11) is 0. The largest absolute Gasteiger partial charge is 0.474 e. The summed E-state index contributed by atoms with van der Waals surface area (Å²) in [5, 5.41) is 11.1. The minimum atomic E-state index is -1.40. The summed E-state index contributed by atoms with van der Waals surface area (Å²) in [6.07, 6.45) is 4.14. The van der Waals surface area contributed by atoms with E-state index in [0.717, 1.165) is 19.3 Å². The van der Waals surface area contributed by atoms with Gasteiger partial charge in [0.2, 0.25) is 0 Å². The highest BCUT2D eigenvalue weighted by Crippen LogP contribution is 2.32. The maximum atomic E-state index is 11.1. The van der Waals surface area contributed by atoms with Gasteiger partial charge in [0.15, 0.2) is 0 Å². The van der Waals surface area contributed by atoms with Crippen molar-refractivity contribution < 1.29 is 14.7 Å². The third kappa shape index (κ3) is 2.25. The van der Waals surface area contributed by atoms with Crippen LogP contribution in [0.25, 0.3) is 0 Å². The molecule has 0 aromatic carbocycles. The fraction of sp³-hybridized carbons (Fsp3) is 0.800. The topological polar surface area (TPSA) is 66.4 Å². The lowest BCUT2D eigenvalue weighted by molar-refractivity contribution is -0.151. The van der Waals surface area contributed by atoms with Crippen molar-refractivity contribution in [2.75, 3.05) is 0 Å². The highest BCUT2D eigenvalue weighted by atomic mass is 16.4. The molecule has 1 rings (SSSR count). The predicted molar refractivity (Wildman–Crippen MR) is 51.8 cm³/mol. The normalized spacial score (nSPS) is 32.3. The van der Waals surface area contributed by atoms with Crippen LogP contribution in [0.5, 0.6) is 0 Å². The first kappa shape index (κ1) is 11.0. The number of aliphatic carboxylic acids is 1. The lowest BCUT2D eigenvalue weighted by Gasteiger charge is -2.39. The van der Waals surface area contributed by atoms with E-state index in [-0.39, 0.29) is 5.54 Å². The molecular weight excluding hydrogens is 182 g/mol. The first-order chi connectivity index (χ1) is 6.46. The molecule has 0 saturated heterocycles. The second kappa shape index (κ2) is 3.98. The molecule has 1 aliphatic carbocycles. The van der Waals surface area contributed by atoms with Crippen molar-refractivity contribution in [2.24, 2.45) is 5.92 Å². The van der Waals surface area contributed by atoms with E-state index in [1.165, 1.54) is 6.42 Å². The third-order valence-electron chi connectivity index (χ3n) is 3.26. The van der Waals surface area contributed by atoms with Crippen LogP contribution in [0.1, 0.15) is 39.5 Å². The molecular formula is C10H17NO3. The van der Waals surface area contributed by atoms with Crippen molar-refractivity contribution in [1.82, 2.24) is 5.32 Å². The van der Waals surface area contributed by atoms with Crippen molar-refractivity contribution in [2.45, 2.75) is 45.1 Å². The Labute approximate surface area is 83.7 Å². The van der Waals surface area contributed by atoms with Gasteiger partial charge in [-0.1, -0.05) is 19.8 Å². The third-order valence-corrected chi connectivity index (χ3v) is 3.26. The van der Waals surface area contributed by atoms with Gasteiger partial charge in [0.05, 0.1) is 0 Å². The Bertz CT molecular complexity index is 252. The zero-order valence-corrected chi connectivity index (χ0v) is 8.67. The number of hydrogen-bond acceptors (Lipinski definition) is 2. The van der Waals surface area contributed by atoms with Crippen LogP contribution in [0.15, 0.2) is 0 Å². The summed E-state index contributed by atoms with van der Waals surface area (Å²) < 4.78 is 0. The van der Waals surface area contributed by atoms with E-state index in [1.54, 1.807) is 0 Å². The fourth-order valence-electron chi connectivity index (χ4n) is 2.01. The van der Waals surface area contributed by atoms with Crippen LogP contribution in [0.3, 0.4) is 0 Å². The first-order valence-corrected chi connectivity index (χ1v) is 5.01. The standard InChI is InChI=1S/C10H17NO3/c1-7-5-3-4-6-10(7,2)11-8(12)9(13)14/h7H,3-6H2,1-2H3,(H,11,12)(H,13,14). The number of carboxylic acid groups (broad SMARTS) is 1. The molecule has 1 aliphatic rings. The predicted octanol–water partition coefficient (Wildman–Crippen LogP) is 1.16. The maximum Gasteiger partial charge on any atom is 0.394 e.